The van der Waals surface area contributed by atoms with Crippen LogP contribution in [0.5, 0.6) is 0 Å². The van der Waals surface area contributed by atoms with Gasteiger partial charge in [0.25, 0.3) is 0 Å². The molecule has 1 unspecified atom stereocenters. The first-order chi connectivity index (χ1) is 8.26. The Morgan fingerprint density at radius 3 is 2.24 bits per heavy atom. The highest BCUT2D eigenvalue weighted by Gasteiger charge is 2.01. The molecule has 0 spiro atoms. The molecule has 0 amide bonds. The van der Waals surface area contributed by atoms with Crippen LogP contribution in [0.25, 0.3) is 0 Å². The highest BCUT2D eigenvalue weighted by atomic mass is 14.9. The monoisotopic (exact) mass is 233 g/mol. The minimum absolute atomic E-state index is 0.580. The van der Waals surface area contributed by atoms with Crippen LogP contribution in [-0.2, 0) is 6.42 Å². The fraction of sp³-hybridized carbons (Fsp3) is 0.625. The van der Waals surface area contributed by atoms with Crippen molar-refractivity contribution >= 4 is 5.69 Å². The van der Waals surface area contributed by atoms with Crippen LogP contribution in [-0.4, -0.2) is 6.04 Å². The molecule has 0 saturated carbocycles. The summed E-state index contributed by atoms with van der Waals surface area (Å²) in [5.41, 5.74) is 2.72. The van der Waals surface area contributed by atoms with Gasteiger partial charge in [0.1, 0.15) is 0 Å². The third kappa shape index (κ3) is 5.76. The van der Waals surface area contributed by atoms with Gasteiger partial charge in [0.2, 0.25) is 0 Å². The molecule has 0 aliphatic heterocycles. The van der Waals surface area contributed by atoms with Crippen LogP contribution in [0.15, 0.2) is 24.3 Å². The molecule has 0 heterocycles. The number of rotatable bonds is 8. The Kier molecular flexibility index (Phi) is 6.76. The van der Waals surface area contributed by atoms with Gasteiger partial charge < -0.3 is 5.32 Å². The average Bonchev–Trinajstić information content (AvgIpc) is 2.35. The van der Waals surface area contributed by atoms with E-state index in [1.807, 2.05) is 0 Å². The van der Waals surface area contributed by atoms with Gasteiger partial charge in [-0.05, 0) is 43.9 Å². The Morgan fingerprint density at radius 1 is 1.00 bits per heavy atom. The molecule has 1 aromatic carbocycles. The summed E-state index contributed by atoms with van der Waals surface area (Å²) in [6.45, 7) is 6.75. The first-order valence-corrected chi connectivity index (χ1v) is 7.11. The summed E-state index contributed by atoms with van der Waals surface area (Å²) in [5.74, 6) is 0. The van der Waals surface area contributed by atoms with E-state index in [1.165, 1.54) is 49.8 Å². The SMILES string of the molecule is CCCCc1ccc(NC(C)CCCC)cc1. The number of hydrogen-bond donors (Lipinski definition) is 1. The maximum Gasteiger partial charge on any atom is 0.0342 e. The van der Waals surface area contributed by atoms with Gasteiger partial charge in [-0.25, -0.2) is 0 Å². The standard InChI is InChI=1S/C16H27N/c1-4-6-8-14(3)17-16-12-10-15(11-13-16)9-7-5-2/h10-14,17H,4-9H2,1-3H3. The van der Waals surface area contributed by atoms with Gasteiger partial charge in [0.05, 0.1) is 0 Å². The zero-order valence-corrected chi connectivity index (χ0v) is 11.6. The third-order valence-electron chi connectivity index (χ3n) is 3.18. The summed E-state index contributed by atoms with van der Waals surface area (Å²) in [4.78, 5) is 0. The molecule has 17 heavy (non-hydrogen) atoms. The first-order valence-electron chi connectivity index (χ1n) is 7.11. The molecular formula is C16H27N. The average molecular weight is 233 g/mol. The van der Waals surface area contributed by atoms with Crippen molar-refractivity contribution in [3.05, 3.63) is 29.8 Å². The second-order valence-electron chi connectivity index (χ2n) is 4.99. The van der Waals surface area contributed by atoms with Crippen LogP contribution < -0.4 is 5.32 Å². The lowest BCUT2D eigenvalue weighted by Crippen LogP contribution is -2.14. The number of benzene rings is 1. The van der Waals surface area contributed by atoms with Crippen LogP contribution in [0.1, 0.15) is 58.4 Å². The van der Waals surface area contributed by atoms with E-state index in [1.54, 1.807) is 0 Å². The van der Waals surface area contributed by atoms with E-state index in [-0.39, 0.29) is 0 Å². The third-order valence-corrected chi connectivity index (χ3v) is 3.18. The topological polar surface area (TPSA) is 12.0 Å². The highest BCUT2D eigenvalue weighted by Crippen LogP contribution is 2.14. The number of nitrogens with one attached hydrogen (secondary N) is 1. The Balaban J connectivity index is 2.39. The lowest BCUT2D eigenvalue weighted by Gasteiger charge is -2.15. The molecule has 1 rings (SSSR count). The predicted molar refractivity (Wildman–Crippen MR) is 77.7 cm³/mol. The molecule has 96 valence electrons. The first kappa shape index (κ1) is 14.1. The maximum absolute atomic E-state index is 3.56. The summed E-state index contributed by atoms with van der Waals surface area (Å²) >= 11 is 0. The number of unbranched alkanes of at least 4 members (excludes halogenated alkanes) is 2. The van der Waals surface area contributed by atoms with Crippen molar-refractivity contribution in [1.82, 2.24) is 0 Å². The van der Waals surface area contributed by atoms with Gasteiger partial charge in [-0.1, -0.05) is 45.2 Å². The van der Waals surface area contributed by atoms with E-state index in [2.05, 4.69) is 50.4 Å². The molecular weight excluding hydrogens is 206 g/mol. The Morgan fingerprint density at radius 2 is 1.65 bits per heavy atom. The highest BCUT2D eigenvalue weighted by molar-refractivity contribution is 5.45. The van der Waals surface area contributed by atoms with Crippen molar-refractivity contribution in [2.45, 2.75) is 65.3 Å². The maximum atomic E-state index is 3.56. The van der Waals surface area contributed by atoms with E-state index in [0.29, 0.717) is 6.04 Å². The van der Waals surface area contributed by atoms with Crippen molar-refractivity contribution in [3.8, 4) is 0 Å². The molecule has 1 atom stereocenters. The Bertz CT molecular complexity index is 289. The molecule has 0 aliphatic carbocycles. The second kappa shape index (κ2) is 8.16. The van der Waals surface area contributed by atoms with Gasteiger partial charge in [0, 0.05) is 11.7 Å². The van der Waals surface area contributed by atoms with Crippen LogP contribution in [0.3, 0.4) is 0 Å². The molecule has 0 radical (unpaired) electrons. The molecule has 1 aromatic rings. The number of hydrogen-bond acceptors (Lipinski definition) is 1. The fourth-order valence-corrected chi connectivity index (χ4v) is 2.02. The van der Waals surface area contributed by atoms with Crippen molar-refractivity contribution in [2.24, 2.45) is 0 Å². The Hall–Kier alpha value is -0.980. The molecule has 0 aromatic heterocycles. The van der Waals surface area contributed by atoms with E-state index < -0.39 is 0 Å². The van der Waals surface area contributed by atoms with Crippen molar-refractivity contribution in [2.75, 3.05) is 5.32 Å². The summed E-state index contributed by atoms with van der Waals surface area (Å²) < 4.78 is 0. The second-order valence-corrected chi connectivity index (χ2v) is 4.99. The van der Waals surface area contributed by atoms with Crippen molar-refractivity contribution in [1.29, 1.82) is 0 Å². The lowest BCUT2D eigenvalue weighted by molar-refractivity contribution is 0.645. The van der Waals surface area contributed by atoms with Crippen LogP contribution in [0, 0.1) is 0 Å². The van der Waals surface area contributed by atoms with E-state index >= 15 is 0 Å². The lowest BCUT2D eigenvalue weighted by atomic mass is 10.1. The molecule has 1 heteroatoms. The van der Waals surface area contributed by atoms with Crippen molar-refractivity contribution < 1.29 is 0 Å². The Labute approximate surface area is 107 Å². The zero-order valence-electron chi connectivity index (χ0n) is 11.6. The minimum Gasteiger partial charge on any atom is -0.383 e. The largest absolute Gasteiger partial charge is 0.383 e. The number of aryl methyl sites for hydroxylation is 1. The molecule has 0 bridgehead atoms. The van der Waals surface area contributed by atoms with E-state index in [4.69, 9.17) is 0 Å². The van der Waals surface area contributed by atoms with Gasteiger partial charge >= 0.3 is 0 Å². The van der Waals surface area contributed by atoms with Crippen molar-refractivity contribution in [3.63, 3.8) is 0 Å². The molecule has 0 saturated heterocycles. The smallest absolute Gasteiger partial charge is 0.0342 e. The predicted octanol–water partition coefficient (Wildman–Crippen LogP) is 5.02. The normalized spacial score (nSPS) is 12.4. The number of anilines is 1. The van der Waals surface area contributed by atoms with Gasteiger partial charge in [-0.2, -0.15) is 0 Å². The zero-order chi connectivity index (χ0) is 12.5. The molecule has 0 aliphatic rings. The van der Waals surface area contributed by atoms with Gasteiger partial charge in [-0.15, -0.1) is 0 Å². The van der Waals surface area contributed by atoms with E-state index in [0.717, 1.165) is 0 Å². The molecule has 1 N–H and O–H groups in total. The quantitative estimate of drug-likeness (QED) is 0.664. The van der Waals surface area contributed by atoms with Crippen LogP contribution in [0.2, 0.25) is 0 Å². The summed E-state index contributed by atoms with van der Waals surface area (Å²) in [6, 6.07) is 9.52. The van der Waals surface area contributed by atoms with Crippen LogP contribution in [0.4, 0.5) is 5.69 Å². The summed E-state index contributed by atoms with van der Waals surface area (Å²) in [7, 11) is 0. The molecule has 1 nitrogen and oxygen atoms in total. The summed E-state index contributed by atoms with van der Waals surface area (Å²) in [6.07, 6.45) is 7.62. The fourth-order valence-electron chi connectivity index (χ4n) is 2.02. The van der Waals surface area contributed by atoms with Gasteiger partial charge in [-0.3, -0.25) is 0 Å². The van der Waals surface area contributed by atoms with Gasteiger partial charge in [0.15, 0.2) is 0 Å². The molecule has 0 fully saturated rings. The minimum atomic E-state index is 0.580. The summed E-state index contributed by atoms with van der Waals surface area (Å²) in [5, 5.41) is 3.56. The van der Waals surface area contributed by atoms with E-state index in [9.17, 15) is 0 Å². The van der Waals surface area contributed by atoms with Crippen LogP contribution >= 0.6 is 0 Å².